The van der Waals surface area contributed by atoms with Gasteiger partial charge < -0.3 is 9.64 Å². The Morgan fingerprint density at radius 2 is 2.18 bits per heavy atom. The van der Waals surface area contributed by atoms with E-state index >= 15 is 0 Å². The lowest BCUT2D eigenvalue weighted by atomic mass is 10.1. The Bertz CT molecular complexity index is 177. The Hall–Kier alpha value is -0.570. The van der Waals surface area contributed by atoms with Crippen molar-refractivity contribution in [3.63, 3.8) is 0 Å². The van der Waals surface area contributed by atoms with Crippen LogP contribution >= 0.6 is 0 Å². The molecule has 0 aromatic carbocycles. The van der Waals surface area contributed by atoms with Gasteiger partial charge >= 0.3 is 0 Å². The third-order valence-electron chi connectivity index (χ3n) is 1.89. The number of carbonyl (C=O) groups excluding carboxylic acids is 1. The fourth-order valence-electron chi connectivity index (χ4n) is 1.52. The summed E-state index contributed by atoms with van der Waals surface area (Å²) in [4.78, 5) is 13.1. The van der Waals surface area contributed by atoms with E-state index in [2.05, 4.69) is 0 Å². The van der Waals surface area contributed by atoms with Gasteiger partial charge in [-0.15, -0.1) is 0 Å². The van der Waals surface area contributed by atoms with E-state index in [1.54, 1.807) is 4.90 Å². The number of likely N-dealkylation sites (N-methyl/N-ethyl adjacent to an activating group) is 1. The van der Waals surface area contributed by atoms with Crippen molar-refractivity contribution < 1.29 is 9.53 Å². The van der Waals surface area contributed by atoms with Gasteiger partial charge in [0.05, 0.1) is 6.10 Å². The molecule has 0 aromatic heterocycles. The second-order valence-corrected chi connectivity index (χ2v) is 3.62. The summed E-state index contributed by atoms with van der Waals surface area (Å²) < 4.78 is 5.47. The molecule has 1 heterocycles. The lowest BCUT2D eigenvalue weighted by Gasteiger charge is -2.38. The van der Waals surface area contributed by atoms with Crippen molar-refractivity contribution in [1.29, 1.82) is 0 Å². The summed E-state index contributed by atoms with van der Waals surface area (Å²) in [7, 11) is 1.81. The van der Waals surface area contributed by atoms with Crippen LogP contribution in [0.15, 0.2) is 0 Å². The van der Waals surface area contributed by atoms with Gasteiger partial charge in [0.15, 0.2) is 0 Å². The molecule has 0 aromatic rings. The van der Waals surface area contributed by atoms with E-state index in [-0.39, 0.29) is 12.0 Å². The minimum absolute atomic E-state index is 0.0654. The van der Waals surface area contributed by atoms with Gasteiger partial charge in [0.2, 0.25) is 0 Å². The number of morpholine rings is 1. The average molecular weight is 157 g/mol. The maximum atomic E-state index is 11.4. The van der Waals surface area contributed by atoms with E-state index in [9.17, 15) is 4.79 Å². The Balaban J connectivity index is 2.75. The first-order valence-corrected chi connectivity index (χ1v) is 3.87. The molecule has 0 bridgehead atoms. The molecular weight excluding hydrogens is 142 g/mol. The molecule has 0 N–H and O–H groups in total. The van der Waals surface area contributed by atoms with Crippen molar-refractivity contribution in [2.24, 2.45) is 0 Å². The maximum absolute atomic E-state index is 11.4. The fourth-order valence-corrected chi connectivity index (χ4v) is 1.52. The Morgan fingerprint density at radius 1 is 1.64 bits per heavy atom. The van der Waals surface area contributed by atoms with Gasteiger partial charge in [-0.3, -0.25) is 4.79 Å². The van der Waals surface area contributed by atoms with E-state index in [1.165, 1.54) is 0 Å². The Labute approximate surface area is 67.3 Å². The van der Waals surface area contributed by atoms with Crippen LogP contribution in [0.5, 0.6) is 0 Å². The highest BCUT2D eigenvalue weighted by atomic mass is 16.5. The predicted molar refractivity (Wildman–Crippen MR) is 42.3 cm³/mol. The first-order chi connectivity index (χ1) is 4.93. The van der Waals surface area contributed by atoms with Gasteiger partial charge in [-0.25, -0.2) is 0 Å². The topological polar surface area (TPSA) is 29.5 Å². The molecule has 0 saturated carbocycles. The summed E-state index contributed by atoms with van der Waals surface area (Å²) in [5.41, 5.74) is -0.633. The Morgan fingerprint density at radius 3 is 2.64 bits per heavy atom. The highest BCUT2D eigenvalue weighted by Gasteiger charge is 2.37. The molecule has 64 valence electrons. The molecule has 1 amide bonds. The van der Waals surface area contributed by atoms with Crippen molar-refractivity contribution in [3.05, 3.63) is 0 Å². The maximum Gasteiger partial charge on any atom is 0.254 e. The van der Waals surface area contributed by atoms with E-state index < -0.39 is 5.60 Å². The van der Waals surface area contributed by atoms with Crippen molar-refractivity contribution in [2.45, 2.75) is 32.5 Å². The SMILES string of the molecule is CC1CN(C)C(=O)C(C)(C)O1. The number of nitrogens with zero attached hydrogens (tertiary/aromatic N) is 1. The molecule has 0 radical (unpaired) electrons. The molecule has 0 spiro atoms. The van der Waals surface area contributed by atoms with E-state index in [4.69, 9.17) is 4.74 Å². The molecule has 3 nitrogen and oxygen atoms in total. The number of carbonyl (C=O) groups is 1. The second-order valence-electron chi connectivity index (χ2n) is 3.62. The largest absolute Gasteiger partial charge is 0.361 e. The van der Waals surface area contributed by atoms with Gasteiger partial charge in [0, 0.05) is 13.6 Å². The highest BCUT2D eigenvalue weighted by Crippen LogP contribution is 2.20. The van der Waals surface area contributed by atoms with Crippen LogP contribution in [-0.4, -0.2) is 36.1 Å². The van der Waals surface area contributed by atoms with Crippen LogP contribution in [0, 0.1) is 0 Å². The zero-order chi connectivity index (χ0) is 8.65. The average Bonchev–Trinajstić information content (AvgIpc) is 1.81. The fraction of sp³-hybridized carbons (Fsp3) is 0.875. The standard InChI is InChI=1S/C8H15NO2/c1-6-5-9(4)7(10)8(2,3)11-6/h6H,5H2,1-4H3. The summed E-state index contributed by atoms with van der Waals surface area (Å²) in [5, 5.41) is 0. The third kappa shape index (κ3) is 1.53. The molecule has 11 heavy (non-hydrogen) atoms. The minimum atomic E-state index is -0.633. The molecule has 1 fully saturated rings. The van der Waals surface area contributed by atoms with Crippen LogP contribution in [-0.2, 0) is 9.53 Å². The minimum Gasteiger partial charge on any atom is -0.361 e. The van der Waals surface area contributed by atoms with E-state index in [0.717, 1.165) is 0 Å². The molecule has 1 saturated heterocycles. The molecule has 1 atom stereocenters. The quantitative estimate of drug-likeness (QED) is 0.516. The monoisotopic (exact) mass is 157 g/mol. The summed E-state index contributed by atoms with van der Waals surface area (Å²) in [5.74, 6) is 0.0654. The molecular formula is C8H15NO2. The van der Waals surface area contributed by atoms with Crippen LogP contribution in [0.1, 0.15) is 20.8 Å². The molecule has 0 aliphatic carbocycles. The smallest absolute Gasteiger partial charge is 0.254 e. The number of amides is 1. The molecule has 1 aliphatic rings. The summed E-state index contributed by atoms with van der Waals surface area (Å²) in [6.07, 6.45) is 0.146. The van der Waals surface area contributed by atoms with Gasteiger partial charge in [-0.1, -0.05) is 0 Å². The van der Waals surface area contributed by atoms with E-state index in [1.807, 2.05) is 27.8 Å². The third-order valence-corrected chi connectivity index (χ3v) is 1.89. The Kier molecular flexibility index (Phi) is 1.92. The van der Waals surface area contributed by atoms with Crippen LogP contribution in [0.2, 0.25) is 0 Å². The van der Waals surface area contributed by atoms with Crippen LogP contribution in [0.25, 0.3) is 0 Å². The predicted octanol–water partition coefficient (Wildman–Crippen LogP) is 0.642. The first-order valence-electron chi connectivity index (χ1n) is 3.87. The van der Waals surface area contributed by atoms with Crippen LogP contribution in [0.4, 0.5) is 0 Å². The normalized spacial score (nSPS) is 30.7. The lowest BCUT2D eigenvalue weighted by Crippen LogP contribution is -2.54. The lowest BCUT2D eigenvalue weighted by molar-refractivity contribution is -0.174. The van der Waals surface area contributed by atoms with Crippen molar-refractivity contribution in [2.75, 3.05) is 13.6 Å². The van der Waals surface area contributed by atoms with Crippen molar-refractivity contribution in [1.82, 2.24) is 4.90 Å². The highest BCUT2D eigenvalue weighted by molar-refractivity contribution is 5.84. The summed E-state index contributed by atoms with van der Waals surface area (Å²) >= 11 is 0. The number of ether oxygens (including phenoxy) is 1. The second kappa shape index (κ2) is 2.48. The van der Waals surface area contributed by atoms with Gasteiger partial charge in [0.25, 0.3) is 5.91 Å². The molecule has 1 rings (SSSR count). The molecule has 1 unspecified atom stereocenters. The number of hydrogen-bond acceptors (Lipinski definition) is 2. The van der Waals surface area contributed by atoms with Gasteiger partial charge in [-0.05, 0) is 20.8 Å². The van der Waals surface area contributed by atoms with Crippen molar-refractivity contribution >= 4 is 5.91 Å². The van der Waals surface area contributed by atoms with Crippen LogP contribution < -0.4 is 0 Å². The number of hydrogen-bond donors (Lipinski definition) is 0. The molecule has 1 aliphatic heterocycles. The van der Waals surface area contributed by atoms with Crippen molar-refractivity contribution in [3.8, 4) is 0 Å². The van der Waals surface area contributed by atoms with Crippen LogP contribution in [0.3, 0.4) is 0 Å². The van der Waals surface area contributed by atoms with Gasteiger partial charge in [0.1, 0.15) is 5.60 Å². The molecule has 3 heteroatoms. The summed E-state index contributed by atoms with van der Waals surface area (Å²) in [6, 6.07) is 0. The van der Waals surface area contributed by atoms with E-state index in [0.29, 0.717) is 6.54 Å². The zero-order valence-electron chi connectivity index (χ0n) is 7.55. The first kappa shape index (κ1) is 8.53. The zero-order valence-corrected chi connectivity index (χ0v) is 7.55. The number of rotatable bonds is 0. The summed E-state index contributed by atoms with van der Waals surface area (Å²) in [6.45, 7) is 6.29. The van der Waals surface area contributed by atoms with Gasteiger partial charge in [-0.2, -0.15) is 0 Å².